The minimum atomic E-state index is 0.822. The largest absolute Gasteiger partial charge is 0.162 e. The Labute approximate surface area is 86.5 Å². The maximum absolute atomic E-state index is 5.57. The Bertz CT molecular complexity index is 66.2. The molecule has 0 aliphatic rings. The topological polar surface area (TPSA) is 0 Å². The number of alkyl halides is 1. The molecule has 0 aromatic carbocycles. The van der Waals surface area contributed by atoms with Crippen LogP contribution in [0.25, 0.3) is 0 Å². The summed E-state index contributed by atoms with van der Waals surface area (Å²) in [5, 5.41) is 0. The zero-order chi connectivity index (χ0) is 9.07. The average molecular weight is 209 g/mol. The average Bonchev–Trinajstić information content (AvgIpc) is 2.10. The first-order valence-electron chi connectivity index (χ1n) is 5.05. The highest BCUT2D eigenvalue weighted by molar-refractivity contribution is 7.99. The van der Waals surface area contributed by atoms with Crippen LogP contribution in [0, 0.1) is 0 Å². The minimum Gasteiger partial charge on any atom is -0.162 e. The lowest BCUT2D eigenvalue weighted by Crippen LogP contribution is -1.85. The van der Waals surface area contributed by atoms with Crippen LogP contribution in [-0.4, -0.2) is 17.4 Å². The van der Waals surface area contributed by atoms with Gasteiger partial charge in [0.2, 0.25) is 0 Å². The maximum atomic E-state index is 5.57. The van der Waals surface area contributed by atoms with Gasteiger partial charge in [0.05, 0.1) is 0 Å². The number of unbranched alkanes of at least 4 members (excludes halogenated alkanes) is 4. The molecule has 12 heavy (non-hydrogen) atoms. The maximum Gasteiger partial charge on any atom is 0.0231 e. The quantitative estimate of drug-likeness (QED) is 0.402. The number of hydrogen-bond acceptors (Lipinski definition) is 1. The molecule has 74 valence electrons. The summed E-state index contributed by atoms with van der Waals surface area (Å²) in [6.07, 6.45) is 8.16. The van der Waals surface area contributed by atoms with Gasteiger partial charge in [-0.3, -0.25) is 0 Å². The van der Waals surface area contributed by atoms with Crippen LogP contribution in [0.1, 0.15) is 45.4 Å². The fraction of sp³-hybridized carbons (Fsp3) is 1.00. The van der Waals surface area contributed by atoms with E-state index < -0.39 is 0 Å². The Morgan fingerprint density at radius 1 is 0.917 bits per heavy atom. The lowest BCUT2D eigenvalue weighted by atomic mass is 10.2. The Kier molecular flexibility index (Phi) is 12.3. The summed E-state index contributed by atoms with van der Waals surface area (Å²) in [7, 11) is 0. The van der Waals surface area contributed by atoms with Gasteiger partial charge in [-0.25, -0.2) is 0 Å². The van der Waals surface area contributed by atoms with Crippen LogP contribution in [0.15, 0.2) is 0 Å². The lowest BCUT2D eigenvalue weighted by Gasteiger charge is -1.99. The van der Waals surface area contributed by atoms with Crippen LogP contribution in [-0.2, 0) is 0 Å². The molecular weight excluding hydrogens is 188 g/mol. The summed E-state index contributed by atoms with van der Waals surface area (Å²) in [4.78, 5) is 0. The monoisotopic (exact) mass is 208 g/mol. The normalized spacial score (nSPS) is 10.5. The zero-order valence-corrected chi connectivity index (χ0v) is 9.72. The molecule has 0 bridgehead atoms. The van der Waals surface area contributed by atoms with Gasteiger partial charge in [-0.15, -0.1) is 11.6 Å². The molecule has 0 atom stereocenters. The predicted octanol–water partition coefficient (Wildman–Crippen LogP) is 4.32. The van der Waals surface area contributed by atoms with E-state index in [1.165, 1.54) is 50.0 Å². The molecule has 0 amide bonds. The Morgan fingerprint density at radius 3 is 2.25 bits per heavy atom. The Hall–Kier alpha value is 0.640. The second-order valence-corrected chi connectivity index (χ2v) is 4.67. The van der Waals surface area contributed by atoms with Crippen LogP contribution in [0.2, 0.25) is 0 Å². The number of hydrogen-bond donors (Lipinski definition) is 0. The SMILES string of the molecule is CCCCCCCSCCCCl. The van der Waals surface area contributed by atoms with Crippen molar-refractivity contribution in [1.29, 1.82) is 0 Å². The van der Waals surface area contributed by atoms with Crippen molar-refractivity contribution in [2.45, 2.75) is 45.4 Å². The van der Waals surface area contributed by atoms with Crippen molar-refractivity contribution in [3.63, 3.8) is 0 Å². The van der Waals surface area contributed by atoms with Gasteiger partial charge in [0.15, 0.2) is 0 Å². The molecule has 0 N–H and O–H groups in total. The van der Waals surface area contributed by atoms with Crippen LogP contribution in [0.3, 0.4) is 0 Å². The third-order valence-electron chi connectivity index (χ3n) is 1.81. The standard InChI is InChI=1S/C10H21ClS/c1-2-3-4-5-6-9-12-10-7-8-11/h2-10H2,1H3. The third-order valence-corrected chi connectivity index (χ3v) is 3.24. The third kappa shape index (κ3) is 10.6. The molecule has 0 rings (SSSR count). The molecule has 0 fully saturated rings. The van der Waals surface area contributed by atoms with E-state index in [4.69, 9.17) is 11.6 Å². The van der Waals surface area contributed by atoms with Crippen molar-refractivity contribution >= 4 is 23.4 Å². The van der Waals surface area contributed by atoms with Crippen molar-refractivity contribution in [3.05, 3.63) is 0 Å². The highest BCUT2D eigenvalue weighted by Gasteiger charge is 1.90. The molecule has 0 aliphatic heterocycles. The van der Waals surface area contributed by atoms with E-state index in [-0.39, 0.29) is 0 Å². The summed E-state index contributed by atoms with van der Waals surface area (Å²) in [5.74, 6) is 3.40. The van der Waals surface area contributed by atoms with Crippen molar-refractivity contribution < 1.29 is 0 Å². The Morgan fingerprint density at radius 2 is 1.58 bits per heavy atom. The highest BCUT2D eigenvalue weighted by atomic mass is 35.5. The molecule has 0 spiro atoms. The van der Waals surface area contributed by atoms with E-state index in [0.29, 0.717) is 0 Å². The molecule has 0 aromatic rings. The molecule has 0 heterocycles. The molecule has 0 radical (unpaired) electrons. The molecule has 0 aliphatic carbocycles. The molecular formula is C10H21ClS. The molecule has 0 aromatic heterocycles. The van der Waals surface area contributed by atoms with Gasteiger partial charge in [-0.2, -0.15) is 11.8 Å². The molecule has 0 nitrogen and oxygen atoms in total. The van der Waals surface area contributed by atoms with E-state index in [9.17, 15) is 0 Å². The van der Waals surface area contributed by atoms with Gasteiger partial charge in [0.25, 0.3) is 0 Å². The number of thioether (sulfide) groups is 1. The summed E-state index contributed by atoms with van der Waals surface area (Å²) < 4.78 is 0. The summed E-state index contributed by atoms with van der Waals surface area (Å²) in [6.45, 7) is 2.26. The second kappa shape index (κ2) is 11.6. The summed E-state index contributed by atoms with van der Waals surface area (Å²) in [5.41, 5.74) is 0. The van der Waals surface area contributed by atoms with Crippen molar-refractivity contribution in [1.82, 2.24) is 0 Å². The van der Waals surface area contributed by atoms with Crippen molar-refractivity contribution in [2.75, 3.05) is 17.4 Å². The first-order valence-corrected chi connectivity index (χ1v) is 6.74. The van der Waals surface area contributed by atoms with Gasteiger partial charge in [-0.1, -0.05) is 32.6 Å². The van der Waals surface area contributed by atoms with Gasteiger partial charge in [0.1, 0.15) is 0 Å². The molecule has 0 saturated heterocycles. The fourth-order valence-corrected chi connectivity index (χ4v) is 2.32. The first kappa shape index (κ1) is 12.6. The van der Waals surface area contributed by atoms with Crippen molar-refractivity contribution in [2.24, 2.45) is 0 Å². The van der Waals surface area contributed by atoms with Gasteiger partial charge < -0.3 is 0 Å². The molecule has 0 saturated carbocycles. The van der Waals surface area contributed by atoms with E-state index >= 15 is 0 Å². The molecule has 0 unspecified atom stereocenters. The van der Waals surface area contributed by atoms with Gasteiger partial charge in [-0.05, 0) is 24.3 Å². The summed E-state index contributed by atoms with van der Waals surface area (Å²) >= 11 is 7.62. The minimum absolute atomic E-state index is 0.822. The van der Waals surface area contributed by atoms with E-state index in [0.717, 1.165) is 5.88 Å². The van der Waals surface area contributed by atoms with Crippen LogP contribution >= 0.6 is 23.4 Å². The van der Waals surface area contributed by atoms with Crippen LogP contribution < -0.4 is 0 Å². The summed E-state index contributed by atoms with van der Waals surface area (Å²) in [6, 6.07) is 0. The van der Waals surface area contributed by atoms with E-state index in [1.807, 2.05) is 0 Å². The van der Waals surface area contributed by atoms with Crippen LogP contribution in [0.5, 0.6) is 0 Å². The van der Waals surface area contributed by atoms with Crippen LogP contribution in [0.4, 0.5) is 0 Å². The fourth-order valence-electron chi connectivity index (χ4n) is 1.07. The van der Waals surface area contributed by atoms with Crippen molar-refractivity contribution in [3.8, 4) is 0 Å². The second-order valence-electron chi connectivity index (χ2n) is 3.07. The Balaban J connectivity index is 2.73. The number of rotatable bonds is 9. The first-order chi connectivity index (χ1) is 5.91. The number of halogens is 1. The van der Waals surface area contributed by atoms with Gasteiger partial charge >= 0.3 is 0 Å². The van der Waals surface area contributed by atoms with Gasteiger partial charge in [0, 0.05) is 5.88 Å². The van der Waals surface area contributed by atoms with E-state index in [1.54, 1.807) is 0 Å². The predicted molar refractivity (Wildman–Crippen MR) is 61.4 cm³/mol. The molecule has 2 heteroatoms. The zero-order valence-electron chi connectivity index (χ0n) is 8.15. The highest BCUT2D eigenvalue weighted by Crippen LogP contribution is 2.09. The van der Waals surface area contributed by atoms with E-state index in [2.05, 4.69) is 18.7 Å². The lowest BCUT2D eigenvalue weighted by molar-refractivity contribution is 0.659. The smallest absolute Gasteiger partial charge is 0.0231 e.